The van der Waals surface area contributed by atoms with Crippen LogP contribution in [0.3, 0.4) is 0 Å². The zero-order chi connectivity index (χ0) is 33.8. The molecule has 2 heterocycles. The number of nitrogens with zero attached hydrogens (tertiary/aromatic N) is 1. The Labute approximate surface area is 293 Å². The molecule has 2 aliphatic heterocycles. The zero-order valence-corrected chi connectivity index (χ0v) is 29.9. The van der Waals surface area contributed by atoms with E-state index in [1.165, 1.54) is 36.8 Å². The molecule has 8 rings (SSSR count). The number of piperidine rings is 1. The number of fused-ring (bicyclic) bond motifs is 6. The van der Waals surface area contributed by atoms with Crippen molar-refractivity contribution in [3.8, 4) is 0 Å². The van der Waals surface area contributed by atoms with E-state index in [1.54, 1.807) is 11.1 Å². The van der Waals surface area contributed by atoms with E-state index in [9.17, 15) is 4.79 Å². The number of rotatable bonds is 7. The third-order valence-electron chi connectivity index (χ3n) is 13.9. The molecule has 262 valence electrons. The maximum atomic E-state index is 13.7. The molecule has 0 aromatic heterocycles. The zero-order valence-electron chi connectivity index (χ0n) is 29.9. The van der Waals surface area contributed by atoms with Crippen molar-refractivity contribution in [2.45, 2.75) is 116 Å². The normalized spacial score (nSPS) is 38.0. The molecule has 2 saturated carbocycles. The lowest BCUT2D eigenvalue weighted by molar-refractivity contribution is -0.108. The van der Waals surface area contributed by atoms with Gasteiger partial charge in [-0.25, -0.2) is 4.79 Å². The number of allylic oxidation sites excluding steroid dienone is 2. The number of carbonyl (C=O) groups is 1. The van der Waals surface area contributed by atoms with Gasteiger partial charge in [-0.3, -0.25) is 0 Å². The molecule has 2 aromatic carbocycles. The van der Waals surface area contributed by atoms with Gasteiger partial charge in [-0.05, 0) is 104 Å². The Balaban J connectivity index is 0.950. The van der Waals surface area contributed by atoms with Crippen molar-refractivity contribution in [1.29, 1.82) is 0 Å². The van der Waals surface area contributed by atoms with Crippen molar-refractivity contribution in [2.75, 3.05) is 13.3 Å². The number of likely N-dealkylation sites (tertiary alicyclic amines) is 1. The van der Waals surface area contributed by atoms with Crippen molar-refractivity contribution in [2.24, 2.45) is 35.0 Å². The Kier molecular flexibility index (Phi) is 9.03. The van der Waals surface area contributed by atoms with Crippen molar-refractivity contribution in [3.05, 3.63) is 94.6 Å². The van der Waals surface area contributed by atoms with Crippen molar-refractivity contribution in [1.82, 2.24) is 4.90 Å². The van der Waals surface area contributed by atoms with E-state index in [0.29, 0.717) is 43.7 Å². The lowest BCUT2D eigenvalue weighted by Gasteiger charge is -2.49. The minimum Gasteiger partial charge on any atom is -0.445 e. The van der Waals surface area contributed by atoms with Gasteiger partial charge in [0, 0.05) is 12.5 Å². The summed E-state index contributed by atoms with van der Waals surface area (Å²) in [5.41, 5.74) is 6.93. The molecule has 6 heteroatoms. The largest absolute Gasteiger partial charge is 0.445 e. The van der Waals surface area contributed by atoms with Crippen LogP contribution in [0.15, 0.2) is 83.5 Å². The van der Waals surface area contributed by atoms with Gasteiger partial charge in [-0.2, -0.15) is 0 Å². The molecule has 0 bridgehead atoms. The number of amides is 1. The third-order valence-corrected chi connectivity index (χ3v) is 13.9. The van der Waals surface area contributed by atoms with Gasteiger partial charge in [0.05, 0.1) is 30.5 Å². The smallest absolute Gasteiger partial charge is 0.410 e. The Morgan fingerprint density at radius 3 is 2.45 bits per heavy atom. The molecule has 1 spiro atoms. The minimum absolute atomic E-state index is 0.0491. The maximum absolute atomic E-state index is 13.7. The van der Waals surface area contributed by atoms with Crippen LogP contribution in [0, 0.1) is 35.0 Å². The van der Waals surface area contributed by atoms with Crippen LogP contribution >= 0.6 is 0 Å². The summed E-state index contributed by atoms with van der Waals surface area (Å²) in [7, 11) is 0. The van der Waals surface area contributed by atoms with E-state index in [1.807, 2.05) is 41.3 Å². The van der Waals surface area contributed by atoms with Crippen LogP contribution in [0.4, 0.5) is 4.79 Å². The van der Waals surface area contributed by atoms with Gasteiger partial charge in [0.25, 0.3) is 0 Å². The summed E-state index contributed by atoms with van der Waals surface area (Å²) in [4.78, 5) is 15.7. The lowest BCUT2D eigenvalue weighted by Crippen LogP contribution is -2.54. The van der Waals surface area contributed by atoms with Crippen LogP contribution in [0.5, 0.6) is 0 Å². The van der Waals surface area contributed by atoms with Gasteiger partial charge < -0.3 is 23.8 Å². The van der Waals surface area contributed by atoms with E-state index in [2.05, 4.69) is 58.0 Å². The van der Waals surface area contributed by atoms with E-state index in [4.69, 9.17) is 18.9 Å². The number of benzene rings is 2. The van der Waals surface area contributed by atoms with Gasteiger partial charge in [-0.1, -0.05) is 98.7 Å². The molecule has 6 nitrogen and oxygen atoms in total. The number of hydrogen-bond donors (Lipinski definition) is 0. The molecular formula is C43H55NO5. The van der Waals surface area contributed by atoms with E-state index in [-0.39, 0.29) is 41.3 Å². The number of hydrogen-bond acceptors (Lipinski definition) is 5. The third kappa shape index (κ3) is 5.90. The highest BCUT2D eigenvalue weighted by atomic mass is 16.7. The molecule has 2 saturated heterocycles. The monoisotopic (exact) mass is 665 g/mol. The average molecular weight is 666 g/mol. The summed E-state index contributed by atoms with van der Waals surface area (Å²) in [6, 6.07) is 20.4. The van der Waals surface area contributed by atoms with Gasteiger partial charge in [0.15, 0.2) is 0 Å². The molecule has 0 N–H and O–H groups in total. The fourth-order valence-electron chi connectivity index (χ4n) is 11.3. The van der Waals surface area contributed by atoms with Crippen molar-refractivity contribution < 1.29 is 23.7 Å². The summed E-state index contributed by atoms with van der Waals surface area (Å²) in [5, 5.41) is 0. The number of ether oxygens (including phenoxy) is 4. The summed E-state index contributed by atoms with van der Waals surface area (Å²) in [5.74, 6) is 2.65. The minimum atomic E-state index is -0.293. The Bertz CT molecular complexity index is 1570. The topological polar surface area (TPSA) is 57.2 Å². The van der Waals surface area contributed by atoms with E-state index in [0.717, 1.165) is 37.8 Å². The molecule has 0 radical (unpaired) electrons. The molecule has 2 aromatic rings. The van der Waals surface area contributed by atoms with Gasteiger partial charge in [0.2, 0.25) is 0 Å². The SMILES string of the molecule is CC1=C2C[C@H]3[C@@H](CC=C4C[C@@H](OCOCc5ccccc5)CC[C@@]43C)[C@@H]2CC[C@]12O[C@@H]1C[C@H](C)CN(C(=O)OCc3ccccc3)[C@H]1[C@H]2C. The first-order valence-corrected chi connectivity index (χ1v) is 19.0. The molecule has 10 atom stereocenters. The maximum Gasteiger partial charge on any atom is 0.410 e. The Morgan fingerprint density at radius 1 is 0.959 bits per heavy atom. The van der Waals surface area contributed by atoms with Crippen LogP contribution < -0.4 is 0 Å². The highest BCUT2D eigenvalue weighted by Crippen LogP contribution is 2.65. The second-order valence-corrected chi connectivity index (χ2v) is 16.5. The Hall–Kier alpha value is -2.93. The van der Waals surface area contributed by atoms with Crippen LogP contribution in [-0.4, -0.2) is 48.2 Å². The molecule has 0 unspecified atom stereocenters. The summed E-state index contributed by atoms with van der Waals surface area (Å²) in [6.07, 6.45) is 11.6. The van der Waals surface area contributed by atoms with Crippen LogP contribution in [0.2, 0.25) is 0 Å². The summed E-state index contributed by atoms with van der Waals surface area (Å²) < 4.78 is 25.4. The fourth-order valence-corrected chi connectivity index (χ4v) is 11.3. The predicted molar refractivity (Wildman–Crippen MR) is 190 cm³/mol. The van der Waals surface area contributed by atoms with Crippen LogP contribution in [0.25, 0.3) is 0 Å². The second kappa shape index (κ2) is 13.3. The van der Waals surface area contributed by atoms with Crippen LogP contribution in [0.1, 0.15) is 90.2 Å². The molecular weight excluding hydrogens is 610 g/mol. The first-order chi connectivity index (χ1) is 23.8. The fraction of sp³-hybridized carbons (Fsp3) is 0.605. The predicted octanol–water partition coefficient (Wildman–Crippen LogP) is 9.25. The Morgan fingerprint density at radius 2 is 1.69 bits per heavy atom. The molecule has 49 heavy (non-hydrogen) atoms. The summed E-state index contributed by atoms with van der Waals surface area (Å²) in [6.45, 7) is 11.5. The van der Waals surface area contributed by atoms with E-state index < -0.39 is 0 Å². The molecule has 4 fully saturated rings. The van der Waals surface area contributed by atoms with Crippen molar-refractivity contribution in [3.63, 3.8) is 0 Å². The van der Waals surface area contributed by atoms with Gasteiger partial charge in [-0.15, -0.1) is 0 Å². The lowest BCUT2D eigenvalue weighted by atomic mass is 9.56. The molecule has 1 amide bonds. The molecule has 4 aliphatic carbocycles. The average Bonchev–Trinajstić information content (AvgIpc) is 3.64. The van der Waals surface area contributed by atoms with Gasteiger partial charge >= 0.3 is 6.09 Å². The quantitative estimate of drug-likeness (QED) is 0.168. The first kappa shape index (κ1) is 33.2. The highest BCUT2D eigenvalue weighted by Gasteiger charge is 2.62. The first-order valence-electron chi connectivity index (χ1n) is 19.0. The van der Waals surface area contributed by atoms with Crippen LogP contribution in [-0.2, 0) is 32.2 Å². The van der Waals surface area contributed by atoms with Crippen molar-refractivity contribution >= 4 is 6.09 Å². The van der Waals surface area contributed by atoms with E-state index >= 15 is 0 Å². The van der Waals surface area contributed by atoms with Gasteiger partial charge in [0.1, 0.15) is 13.4 Å². The highest BCUT2D eigenvalue weighted by molar-refractivity contribution is 5.68. The molecule has 6 aliphatic rings. The second-order valence-electron chi connectivity index (χ2n) is 16.5. The standard InChI is InChI=1S/C43H55NO5/c1-28-21-39-40(44(24-28)41(45)47-26-32-13-9-6-10-14-32)30(3)43(49-39)20-18-35-36-16-15-33-22-34(48-27-46-25-31-11-7-5-8-12-31)17-19-42(33,4)38(36)23-37(35)29(43)2/h5-15,28,30,34-36,38-40H,16-27H2,1-4H3/t28-,30+,34-,35-,36-,38-,39+,40-,42-,43-/m0/s1. The summed E-state index contributed by atoms with van der Waals surface area (Å²) >= 11 is 0. The number of carbonyl (C=O) groups excluding carboxylic acids is 1.